The first-order valence-corrected chi connectivity index (χ1v) is 2.98. The molecular weight excluding hydrogens is 122 g/mol. The second kappa shape index (κ2) is 2.22. The third-order valence-corrected chi connectivity index (χ3v) is 1.52. The Morgan fingerprint density at radius 3 is 2.88 bits per heavy atom. The van der Waals surface area contributed by atoms with E-state index in [1.807, 2.05) is 0 Å². The summed E-state index contributed by atoms with van der Waals surface area (Å²) < 4.78 is 0. The number of hydrogen-bond donors (Lipinski definition) is 1. The van der Waals surface area contributed by atoms with Crippen LogP contribution in [-0.2, 0) is 4.79 Å². The van der Waals surface area contributed by atoms with Crippen LogP contribution in [0.15, 0.2) is 0 Å². The minimum atomic E-state index is 0.00231. The van der Waals surface area contributed by atoms with Crippen LogP contribution in [0.1, 0.15) is 12.8 Å². The van der Waals surface area contributed by atoms with E-state index in [9.17, 15) is 4.79 Å². The highest BCUT2D eigenvalue weighted by Crippen LogP contribution is 2.04. The van der Waals surface area contributed by atoms with Gasteiger partial charge in [-0.05, 0) is 6.42 Å². The van der Waals surface area contributed by atoms with Crippen molar-refractivity contribution in [2.75, 3.05) is 0 Å². The van der Waals surface area contributed by atoms with Crippen molar-refractivity contribution in [1.82, 2.24) is 5.32 Å². The van der Waals surface area contributed by atoms with Crippen molar-refractivity contribution < 1.29 is 4.79 Å². The Hall–Kier alpha value is -0.440. The average Bonchev–Trinajstić information content (AvgIpc) is 2.14. The Balaban J connectivity index is 2.43. The molecule has 0 radical (unpaired) electrons. The molecule has 0 spiro atoms. The van der Waals surface area contributed by atoms with Gasteiger partial charge in [-0.25, -0.2) is 0 Å². The van der Waals surface area contributed by atoms with Gasteiger partial charge in [0.15, 0.2) is 0 Å². The molecule has 0 aromatic heterocycles. The van der Waals surface area contributed by atoms with Crippen molar-refractivity contribution in [2.45, 2.75) is 18.9 Å². The molecule has 1 fully saturated rings. The number of nitrogens with one attached hydrogen (secondary N) is 1. The van der Waals surface area contributed by atoms with Crippen molar-refractivity contribution in [2.24, 2.45) is 0 Å². The lowest BCUT2D eigenvalue weighted by atomic mass is 10.2. The van der Waals surface area contributed by atoms with Gasteiger partial charge in [0.2, 0.25) is 0 Å². The molecule has 0 unspecified atom stereocenters. The topological polar surface area (TPSA) is 29.1 Å². The highest BCUT2D eigenvalue weighted by atomic mass is 32.1. The molecule has 0 aromatic carbocycles. The molecule has 0 bridgehead atoms. The lowest BCUT2D eigenvalue weighted by Gasteiger charge is -1.96. The first-order valence-electron chi connectivity index (χ1n) is 2.57. The fourth-order valence-electron chi connectivity index (χ4n) is 0.740. The highest BCUT2D eigenvalue weighted by molar-refractivity contribution is 7.80. The summed E-state index contributed by atoms with van der Waals surface area (Å²) in [4.78, 5) is 10.9. The fraction of sp³-hybridized carbons (Fsp3) is 0.600. The van der Waals surface area contributed by atoms with Crippen LogP contribution in [0.3, 0.4) is 0 Å². The molecule has 0 amide bonds. The fourth-order valence-corrected chi connectivity index (χ4v) is 1.01. The Bertz CT molecular complexity index is 124. The molecule has 8 heavy (non-hydrogen) atoms. The second-order valence-corrected chi connectivity index (χ2v) is 2.34. The maximum atomic E-state index is 10.0. The summed E-state index contributed by atoms with van der Waals surface area (Å²) in [6.45, 7) is 0. The molecule has 1 saturated heterocycles. The molecule has 0 saturated carbocycles. The minimum absolute atomic E-state index is 0.00231. The second-order valence-electron chi connectivity index (χ2n) is 1.85. The van der Waals surface area contributed by atoms with E-state index in [1.54, 1.807) is 0 Å². The minimum Gasteiger partial charge on any atom is -0.370 e. The third-order valence-electron chi connectivity index (χ3n) is 1.19. The van der Waals surface area contributed by atoms with E-state index in [2.05, 4.69) is 5.32 Å². The quantitative estimate of drug-likeness (QED) is 0.407. The number of aldehydes is 1. The smallest absolute Gasteiger partial charge is 0.142 e. The third kappa shape index (κ3) is 1.04. The van der Waals surface area contributed by atoms with Crippen LogP contribution in [0.4, 0.5) is 0 Å². The van der Waals surface area contributed by atoms with Gasteiger partial charge in [-0.1, -0.05) is 12.2 Å². The Morgan fingerprint density at radius 1 is 1.88 bits per heavy atom. The van der Waals surface area contributed by atoms with Crippen molar-refractivity contribution in [3.63, 3.8) is 0 Å². The molecule has 1 heterocycles. The first kappa shape index (κ1) is 5.69. The van der Waals surface area contributed by atoms with Crippen LogP contribution in [0, 0.1) is 0 Å². The Labute approximate surface area is 53.3 Å². The van der Waals surface area contributed by atoms with E-state index in [0.29, 0.717) is 0 Å². The number of thiocarbonyl (C=S) groups is 1. The zero-order valence-electron chi connectivity index (χ0n) is 4.39. The lowest BCUT2D eigenvalue weighted by Crippen LogP contribution is -2.24. The zero-order chi connectivity index (χ0) is 5.98. The predicted molar refractivity (Wildman–Crippen MR) is 34.8 cm³/mol. The first-order chi connectivity index (χ1) is 3.83. The molecule has 1 atom stereocenters. The molecule has 0 aliphatic carbocycles. The van der Waals surface area contributed by atoms with Gasteiger partial charge in [0.05, 0.1) is 11.0 Å². The monoisotopic (exact) mass is 129 g/mol. The maximum Gasteiger partial charge on any atom is 0.142 e. The van der Waals surface area contributed by atoms with Crippen molar-refractivity contribution in [1.29, 1.82) is 0 Å². The summed E-state index contributed by atoms with van der Waals surface area (Å²) in [6.07, 6.45) is 2.65. The number of carbonyl (C=O) groups is 1. The number of hydrogen-bond acceptors (Lipinski definition) is 2. The number of carbonyl (C=O) groups excluding carboxylic acids is 1. The zero-order valence-corrected chi connectivity index (χ0v) is 5.20. The molecule has 3 heteroatoms. The lowest BCUT2D eigenvalue weighted by molar-refractivity contribution is -0.109. The Morgan fingerprint density at radius 2 is 2.62 bits per heavy atom. The maximum absolute atomic E-state index is 10.0. The van der Waals surface area contributed by atoms with Crippen LogP contribution in [0.5, 0.6) is 0 Å². The van der Waals surface area contributed by atoms with E-state index in [0.717, 1.165) is 24.1 Å². The molecular formula is C5H7NOS. The van der Waals surface area contributed by atoms with Gasteiger partial charge in [0.1, 0.15) is 6.29 Å². The van der Waals surface area contributed by atoms with E-state index >= 15 is 0 Å². The summed E-state index contributed by atoms with van der Waals surface area (Å²) in [5.74, 6) is 0. The largest absolute Gasteiger partial charge is 0.370 e. The van der Waals surface area contributed by atoms with Crippen LogP contribution in [-0.4, -0.2) is 17.3 Å². The van der Waals surface area contributed by atoms with Crippen molar-refractivity contribution in [3.8, 4) is 0 Å². The molecule has 1 aliphatic rings. The standard InChI is InChI=1S/C5H7NOS/c7-3-4-1-2-5(8)6-4/h3-4H,1-2H2,(H,6,8)/t4-/m1/s1. The van der Waals surface area contributed by atoms with Gasteiger partial charge < -0.3 is 10.1 Å². The van der Waals surface area contributed by atoms with Gasteiger partial charge in [0, 0.05) is 6.42 Å². The van der Waals surface area contributed by atoms with Crippen molar-refractivity contribution in [3.05, 3.63) is 0 Å². The summed E-state index contributed by atoms with van der Waals surface area (Å²) >= 11 is 4.79. The normalized spacial score (nSPS) is 27.5. The van der Waals surface area contributed by atoms with Crippen LogP contribution < -0.4 is 5.32 Å². The summed E-state index contributed by atoms with van der Waals surface area (Å²) in [7, 11) is 0. The summed E-state index contributed by atoms with van der Waals surface area (Å²) in [5, 5.41) is 2.87. The van der Waals surface area contributed by atoms with Gasteiger partial charge in [0.25, 0.3) is 0 Å². The highest BCUT2D eigenvalue weighted by Gasteiger charge is 2.15. The van der Waals surface area contributed by atoms with Crippen LogP contribution >= 0.6 is 12.2 Å². The molecule has 1 N–H and O–H groups in total. The SMILES string of the molecule is O=C[C@H]1CCC(=S)N1. The van der Waals surface area contributed by atoms with Gasteiger partial charge in [-0.3, -0.25) is 0 Å². The summed E-state index contributed by atoms with van der Waals surface area (Å²) in [5.41, 5.74) is 0. The van der Waals surface area contributed by atoms with Gasteiger partial charge >= 0.3 is 0 Å². The van der Waals surface area contributed by atoms with E-state index in [-0.39, 0.29) is 6.04 Å². The molecule has 2 nitrogen and oxygen atoms in total. The average molecular weight is 129 g/mol. The van der Waals surface area contributed by atoms with Crippen molar-refractivity contribution >= 4 is 23.5 Å². The van der Waals surface area contributed by atoms with Gasteiger partial charge in [-0.2, -0.15) is 0 Å². The molecule has 0 aromatic rings. The van der Waals surface area contributed by atoms with E-state index in [4.69, 9.17) is 12.2 Å². The van der Waals surface area contributed by atoms with E-state index in [1.165, 1.54) is 0 Å². The predicted octanol–water partition coefficient (Wildman–Crippen LogP) is 0.265. The molecule has 1 aliphatic heterocycles. The Kier molecular flexibility index (Phi) is 1.58. The molecule has 44 valence electrons. The summed E-state index contributed by atoms with van der Waals surface area (Å²) in [6, 6.07) is 0.00231. The van der Waals surface area contributed by atoms with Crippen LogP contribution in [0.25, 0.3) is 0 Å². The molecule has 1 rings (SSSR count). The van der Waals surface area contributed by atoms with Gasteiger partial charge in [-0.15, -0.1) is 0 Å². The number of rotatable bonds is 1. The van der Waals surface area contributed by atoms with Crippen LogP contribution in [0.2, 0.25) is 0 Å². The van der Waals surface area contributed by atoms with E-state index < -0.39 is 0 Å².